The molecule has 0 bridgehead atoms. The average Bonchev–Trinajstić information content (AvgIpc) is 2.36. The summed E-state index contributed by atoms with van der Waals surface area (Å²) >= 11 is 1.94. The van der Waals surface area contributed by atoms with E-state index in [2.05, 4.69) is 6.92 Å². The summed E-state index contributed by atoms with van der Waals surface area (Å²) in [4.78, 5) is 10.6. The minimum atomic E-state index is -0.141. The lowest BCUT2D eigenvalue weighted by Crippen LogP contribution is -2.15. The molecule has 3 heteroatoms. The molecule has 1 heterocycles. The zero-order chi connectivity index (χ0) is 8.97. The van der Waals surface area contributed by atoms with Crippen LogP contribution in [0, 0.1) is 0 Å². The van der Waals surface area contributed by atoms with Gasteiger partial charge in [-0.25, -0.2) is 0 Å². The van der Waals surface area contributed by atoms with Crippen molar-refractivity contribution >= 4 is 17.7 Å². The fraction of sp³-hybridized carbons (Fsp3) is 0.889. The average molecular weight is 188 g/mol. The Morgan fingerprint density at radius 3 is 3.00 bits per heavy atom. The monoisotopic (exact) mass is 188 g/mol. The first-order chi connectivity index (χ1) is 5.72. The van der Waals surface area contributed by atoms with Gasteiger partial charge in [0.2, 0.25) is 0 Å². The molecule has 2 nitrogen and oxygen atoms in total. The van der Waals surface area contributed by atoms with E-state index in [1.165, 1.54) is 19.8 Å². The lowest BCUT2D eigenvalue weighted by atomic mass is 10.1. The van der Waals surface area contributed by atoms with Crippen LogP contribution in [-0.2, 0) is 9.53 Å². The molecule has 0 saturated carbocycles. The van der Waals surface area contributed by atoms with E-state index in [9.17, 15) is 4.79 Å². The Kier molecular flexibility index (Phi) is 3.92. The lowest BCUT2D eigenvalue weighted by molar-refractivity contribution is -0.145. The molecule has 1 fully saturated rings. The van der Waals surface area contributed by atoms with Crippen LogP contribution < -0.4 is 0 Å². The number of hydrogen-bond donors (Lipinski definition) is 0. The molecule has 0 unspecified atom stereocenters. The molecule has 0 N–H and O–H groups in total. The SMILES string of the molecule is CCC[C@H]1C[C@@H](OC(C)=O)CS1. The van der Waals surface area contributed by atoms with E-state index < -0.39 is 0 Å². The van der Waals surface area contributed by atoms with Crippen LogP contribution >= 0.6 is 11.8 Å². The highest BCUT2D eigenvalue weighted by atomic mass is 32.2. The second-order valence-corrected chi connectivity index (χ2v) is 4.54. The molecule has 0 aliphatic carbocycles. The Labute approximate surface area is 78.1 Å². The predicted octanol–water partition coefficient (Wildman–Crippen LogP) is 2.22. The summed E-state index contributed by atoms with van der Waals surface area (Å²) in [5.41, 5.74) is 0. The van der Waals surface area contributed by atoms with Crippen molar-refractivity contribution in [3.05, 3.63) is 0 Å². The van der Waals surface area contributed by atoms with Gasteiger partial charge < -0.3 is 4.74 Å². The molecule has 70 valence electrons. The molecular formula is C9H16O2S. The Morgan fingerprint density at radius 1 is 1.67 bits per heavy atom. The van der Waals surface area contributed by atoms with Crippen LogP contribution in [0.2, 0.25) is 0 Å². The lowest BCUT2D eigenvalue weighted by Gasteiger charge is -2.09. The van der Waals surface area contributed by atoms with Gasteiger partial charge in [-0.2, -0.15) is 11.8 Å². The van der Waals surface area contributed by atoms with Crippen LogP contribution in [0.25, 0.3) is 0 Å². The van der Waals surface area contributed by atoms with Gasteiger partial charge in [-0.05, 0) is 12.8 Å². The number of ether oxygens (including phenoxy) is 1. The highest BCUT2D eigenvalue weighted by Crippen LogP contribution is 2.31. The van der Waals surface area contributed by atoms with Gasteiger partial charge in [-0.3, -0.25) is 4.79 Å². The second kappa shape index (κ2) is 4.75. The molecule has 0 amide bonds. The van der Waals surface area contributed by atoms with Crippen LogP contribution in [-0.4, -0.2) is 23.1 Å². The number of esters is 1. The molecule has 0 aromatic rings. The molecule has 0 aromatic heterocycles. The van der Waals surface area contributed by atoms with Crippen LogP contribution in [0.5, 0.6) is 0 Å². The van der Waals surface area contributed by atoms with E-state index in [-0.39, 0.29) is 12.1 Å². The number of rotatable bonds is 3. The molecule has 0 aromatic carbocycles. The number of carbonyl (C=O) groups excluding carboxylic acids is 1. The summed E-state index contributed by atoms with van der Waals surface area (Å²) in [5, 5.41) is 0.722. The van der Waals surface area contributed by atoms with E-state index >= 15 is 0 Å². The van der Waals surface area contributed by atoms with Crippen molar-refractivity contribution in [3.8, 4) is 0 Å². The summed E-state index contributed by atoms with van der Waals surface area (Å²) in [7, 11) is 0. The quantitative estimate of drug-likeness (QED) is 0.635. The molecule has 1 rings (SSSR count). The van der Waals surface area contributed by atoms with Crippen molar-refractivity contribution in [1.82, 2.24) is 0 Å². The maximum atomic E-state index is 10.6. The number of carbonyl (C=O) groups is 1. The van der Waals surface area contributed by atoms with Crippen LogP contribution in [0.4, 0.5) is 0 Å². The van der Waals surface area contributed by atoms with Gasteiger partial charge in [0, 0.05) is 17.9 Å². The van der Waals surface area contributed by atoms with Crippen LogP contribution in [0.1, 0.15) is 33.1 Å². The molecule has 2 atom stereocenters. The second-order valence-electron chi connectivity index (χ2n) is 3.21. The Bertz CT molecular complexity index is 159. The summed E-state index contributed by atoms with van der Waals surface area (Å²) in [6.45, 7) is 3.68. The van der Waals surface area contributed by atoms with Gasteiger partial charge in [0.1, 0.15) is 6.10 Å². The molecule has 1 aliphatic rings. The van der Waals surface area contributed by atoms with Crippen molar-refractivity contribution in [2.75, 3.05) is 5.75 Å². The van der Waals surface area contributed by atoms with Gasteiger partial charge in [-0.1, -0.05) is 13.3 Å². The van der Waals surface area contributed by atoms with E-state index in [1.54, 1.807) is 0 Å². The fourth-order valence-electron chi connectivity index (χ4n) is 1.51. The zero-order valence-corrected chi connectivity index (χ0v) is 8.52. The van der Waals surface area contributed by atoms with E-state index in [4.69, 9.17) is 4.74 Å². The van der Waals surface area contributed by atoms with Crippen molar-refractivity contribution in [2.24, 2.45) is 0 Å². The summed E-state index contributed by atoms with van der Waals surface area (Å²) in [5.74, 6) is 0.849. The summed E-state index contributed by atoms with van der Waals surface area (Å²) in [6.07, 6.45) is 3.72. The highest BCUT2D eigenvalue weighted by molar-refractivity contribution is 8.00. The smallest absolute Gasteiger partial charge is 0.302 e. The van der Waals surface area contributed by atoms with Gasteiger partial charge >= 0.3 is 5.97 Å². The van der Waals surface area contributed by atoms with E-state index in [0.29, 0.717) is 0 Å². The highest BCUT2D eigenvalue weighted by Gasteiger charge is 2.26. The number of thioether (sulfide) groups is 1. The third kappa shape index (κ3) is 3.05. The normalized spacial score (nSPS) is 28.8. The predicted molar refractivity (Wildman–Crippen MR) is 51.3 cm³/mol. The summed E-state index contributed by atoms with van der Waals surface area (Å²) in [6, 6.07) is 0. The minimum Gasteiger partial charge on any atom is -0.462 e. The first-order valence-corrected chi connectivity index (χ1v) is 5.56. The molecule has 12 heavy (non-hydrogen) atoms. The van der Waals surface area contributed by atoms with Crippen molar-refractivity contribution in [1.29, 1.82) is 0 Å². The Hall–Kier alpha value is -0.180. The van der Waals surface area contributed by atoms with Crippen LogP contribution in [0.3, 0.4) is 0 Å². The molecular weight excluding hydrogens is 172 g/mol. The third-order valence-electron chi connectivity index (χ3n) is 1.99. The van der Waals surface area contributed by atoms with Crippen molar-refractivity contribution < 1.29 is 9.53 Å². The van der Waals surface area contributed by atoms with Gasteiger partial charge in [-0.15, -0.1) is 0 Å². The molecule has 1 aliphatic heterocycles. The maximum Gasteiger partial charge on any atom is 0.302 e. The summed E-state index contributed by atoms with van der Waals surface area (Å²) < 4.78 is 5.13. The standard InChI is InChI=1S/C9H16O2S/c1-3-4-9-5-8(6-12-9)11-7(2)10/h8-9H,3-6H2,1-2H3/t8-,9+/m1/s1. The van der Waals surface area contributed by atoms with Crippen molar-refractivity contribution in [2.45, 2.75) is 44.5 Å². The first-order valence-electron chi connectivity index (χ1n) is 4.51. The fourth-order valence-corrected chi connectivity index (χ4v) is 2.96. The number of hydrogen-bond acceptors (Lipinski definition) is 3. The molecule has 1 saturated heterocycles. The van der Waals surface area contributed by atoms with Gasteiger partial charge in [0.25, 0.3) is 0 Å². The Morgan fingerprint density at radius 2 is 2.42 bits per heavy atom. The topological polar surface area (TPSA) is 26.3 Å². The first kappa shape index (κ1) is 9.90. The van der Waals surface area contributed by atoms with E-state index in [0.717, 1.165) is 17.4 Å². The zero-order valence-electron chi connectivity index (χ0n) is 7.71. The third-order valence-corrected chi connectivity index (χ3v) is 3.45. The largest absolute Gasteiger partial charge is 0.462 e. The van der Waals surface area contributed by atoms with Crippen LogP contribution in [0.15, 0.2) is 0 Å². The van der Waals surface area contributed by atoms with E-state index in [1.807, 2.05) is 11.8 Å². The van der Waals surface area contributed by atoms with Gasteiger partial charge in [0.05, 0.1) is 0 Å². The molecule has 0 radical (unpaired) electrons. The Balaban J connectivity index is 2.21. The molecule has 0 spiro atoms. The maximum absolute atomic E-state index is 10.6. The minimum absolute atomic E-state index is 0.141. The van der Waals surface area contributed by atoms with Gasteiger partial charge in [0.15, 0.2) is 0 Å². The van der Waals surface area contributed by atoms with Crippen molar-refractivity contribution in [3.63, 3.8) is 0 Å².